The second-order valence-corrected chi connectivity index (χ2v) is 4.24. The van der Waals surface area contributed by atoms with Crippen LogP contribution in [0, 0.1) is 0 Å². The van der Waals surface area contributed by atoms with Gasteiger partial charge in [0, 0.05) is 25.0 Å². The van der Waals surface area contributed by atoms with Gasteiger partial charge < -0.3 is 14.8 Å². The molecule has 18 heavy (non-hydrogen) atoms. The van der Waals surface area contributed by atoms with Crippen LogP contribution in [0.3, 0.4) is 0 Å². The monoisotopic (exact) mass is 252 g/mol. The lowest BCUT2D eigenvalue weighted by Crippen LogP contribution is -2.16. The molecule has 1 atom stereocenters. The molecule has 102 valence electrons. The van der Waals surface area contributed by atoms with E-state index >= 15 is 0 Å². The summed E-state index contributed by atoms with van der Waals surface area (Å²) in [5.74, 6) is 0. The van der Waals surface area contributed by atoms with E-state index in [-0.39, 0.29) is 6.10 Å². The minimum absolute atomic E-state index is 0.0963. The van der Waals surface area contributed by atoms with E-state index in [1.807, 2.05) is 32.2 Å². The zero-order valence-electron chi connectivity index (χ0n) is 11.6. The number of pyridine rings is 1. The van der Waals surface area contributed by atoms with Gasteiger partial charge in [0.05, 0.1) is 25.0 Å². The Kier molecular flexibility index (Phi) is 7.37. The smallest absolute Gasteiger partial charge is 0.0893 e. The van der Waals surface area contributed by atoms with E-state index in [0.717, 1.165) is 31.0 Å². The van der Waals surface area contributed by atoms with Crippen molar-refractivity contribution in [3.05, 3.63) is 24.0 Å². The fraction of sp³-hybridized carbons (Fsp3) is 0.643. The number of hydrogen-bond acceptors (Lipinski definition) is 4. The predicted molar refractivity (Wildman–Crippen MR) is 73.8 cm³/mol. The summed E-state index contributed by atoms with van der Waals surface area (Å²) >= 11 is 0. The zero-order chi connectivity index (χ0) is 13.2. The number of nitrogens with one attached hydrogen (secondary N) is 1. The van der Waals surface area contributed by atoms with Gasteiger partial charge in [-0.1, -0.05) is 6.92 Å². The molecule has 0 spiro atoms. The molecule has 0 aliphatic heterocycles. The molecule has 0 saturated carbocycles. The van der Waals surface area contributed by atoms with Crippen LogP contribution in [-0.4, -0.2) is 30.8 Å². The average Bonchev–Trinajstić information content (AvgIpc) is 2.41. The van der Waals surface area contributed by atoms with Gasteiger partial charge >= 0.3 is 0 Å². The van der Waals surface area contributed by atoms with Crippen molar-refractivity contribution in [3.63, 3.8) is 0 Å². The van der Waals surface area contributed by atoms with Gasteiger partial charge in [-0.15, -0.1) is 0 Å². The van der Waals surface area contributed by atoms with Gasteiger partial charge in [-0.05, 0) is 32.4 Å². The highest BCUT2D eigenvalue weighted by Crippen LogP contribution is 2.09. The molecule has 0 radical (unpaired) electrons. The standard InChI is InChI=1S/C14H24N2O2/c1-4-7-15-13-6-8-16-14(9-13)11-18-12(3)10-17-5-2/h6,8-9,12H,4-5,7,10-11H2,1-3H3,(H,15,16). The Morgan fingerprint density at radius 3 is 2.94 bits per heavy atom. The molecule has 1 heterocycles. The first-order chi connectivity index (χ1) is 8.76. The Morgan fingerprint density at radius 2 is 2.22 bits per heavy atom. The molecule has 0 aliphatic carbocycles. The van der Waals surface area contributed by atoms with E-state index in [9.17, 15) is 0 Å². The molecule has 0 amide bonds. The van der Waals surface area contributed by atoms with Crippen LogP contribution in [0.5, 0.6) is 0 Å². The Morgan fingerprint density at radius 1 is 1.39 bits per heavy atom. The second kappa shape index (κ2) is 8.89. The van der Waals surface area contributed by atoms with Crippen LogP contribution in [0.25, 0.3) is 0 Å². The topological polar surface area (TPSA) is 43.4 Å². The lowest BCUT2D eigenvalue weighted by atomic mass is 10.3. The Balaban J connectivity index is 2.37. The van der Waals surface area contributed by atoms with E-state index < -0.39 is 0 Å². The summed E-state index contributed by atoms with van der Waals surface area (Å²) in [6, 6.07) is 4.01. The molecule has 1 unspecified atom stereocenters. The maximum Gasteiger partial charge on any atom is 0.0893 e. The second-order valence-electron chi connectivity index (χ2n) is 4.24. The Hall–Kier alpha value is -1.13. The molecule has 1 rings (SSSR count). The van der Waals surface area contributed by atoms with Crippen LogP contribution in [0.4, 0.5) is 5.69 Å². The summed E-state index contributed by atoms with van der Waals surface area (Å²) < 4.78 is 11.0. The quantitative estimate of drug-likeness (QED) is 0.734. The third-order valence-corrected chi connectivity index (χ3v) is 2.47. The van der Waals surface area contributed by atoms with Crippen molar-refractivity contribution in [3.8, 4) is 0 Å². The molecule has 4 nitrogen and oxygen atoms in total. The summed E-state index contributed by atoms with van der Waals surface area (Å²) in [6.45, 7) is 8.99. The largest absolute Gasteiger partial charge is 0.385 e. The number of ether oxygens (including phenoxy) is 2. The van der Waals surface area contributed by atoms with Crippen LogP contribution in [0.1, 0.15) is 32.9 Å². The maximum absolute atomic E-state index is 5.67. The van der Waals surface area contributed by atoms with Crippen molar-refractivity contribution in [1.29, 1.82) is 0 Å². The molecule has 0 aliphatic rings. The van der Waals surface area contributed by atoms with Crippen LogP contribution >= 0.6 is 0 Å². The van der Waals surface area contributed by atoms with E-state index in [1.165, 1.54) is 0 Å². The number of anilines is 1. The number of nitrogens with zero attached hydrogens (tertiary/aromatic N) is 1. The highest BCUT2D eigenvalue weighted by atomic mass is 16.5. The molecule has 0 fully saturated rings. The van der Waals surface area contributed by atoms with Gasteiger partial charge in [-0.25, -0.2) is 0 Å². The third kappa shape index (κ3) is 5.98. The van der Waals surface area contributed by atoms with Gasteiger partial charge in [0.25, 0.3) is 0 Å². The van der Waals surface area contributed by atoms with Crippen LogP contribution in [0.2, 0.25) is 0 Å². The molecule has 0 saturated heterocycles. The first-order valence-electron chi connectivity index (χ1n) is 6.64. The van der Waals surface area contributed by atoms with Crippen molar-refractivity contribution < 1.29 is 9.47 Å². The van der Waals surface area contributed by atoms with Gasteiger partial charge in [-0.2, -0.15) is 0 Å². The van der Waals surface area contributed by atoms with Gasteiger partial charge in [0.15, 0.2) is 0 Å². The molecule has 1 N–H and O–H groups in total. The highest BCUT2D eigenvalue weighted by molar-refractivity contribution is 5.42. The zero-order valence-corrected chi connectivity index (χ0v) is 11.6. The average molecular weight is 252 g/mol. The Labute approximate surface area is 110 Å². The van der Waals surface area contributed by atoms with Crippen molar-refractivity contribution in [2.45, 2.75) is 39.9 Å². The van der Waals surface area contributed by atoms with Crippen molar-refractivity contribution in [1.82, 2.24) is 4.98 Å². The summed E-state index contributed by atoms with van der Waals surface area (Å²) in [5.41, 5.74) is 2.04. The third-order valence-electron chi connectivity index (χ3n) is 2.47. The predicted octanol–water partition coefficient (Wildman–Crippen LogP) is 2.85. The van der Waals surface area contributed by atoms with Crippen molar-refractivity contribution in [2.75, 3.05) is 25.1 Å². The van der Waals surface area contributed by atoms with Crippen LogP contribution < -0.4 is 5.32 Å². The van der Waals surface area contributed by atoms with E-state index in [1.54, 1.807) is 0 Å². The van der Waals surface area contributed by atoms with Gasteiger partial charge in [0.1, 0.15) is 0 Å². The number of hydrogen-bond donors (Lipinski definition) is 1. The fourth-order valence-electron chi connectivity index (χ4n) is 1.50. The summed E-state index contributed by atoms with van der Waals surface area (Å²) in [4.78, 5) is 4.29. The van der Waals surface area contributed by atoms with Crippen molar-refractivity contribution >= 4 is 5.69 Å². The van der Waals surface area contributed by atoms with E-state index in [2.05, 4.69) is 17.2 Å². The fourth-order valence-corrected chi connectivity index (χ4v) is 1.50. The maximum atomic E-state index is 5.67. The molecule has 4 heteroatoms. The van der Waals surface area contributed by atoms with Gasteiger partial charge in [-0.3, -0.25) is 4.98 Å². The molecule has 0 aromatic carbocycles. The number of aromatic nitrogens is 1. The first kappa shape index (κ1) is 14.9. The van der Waals surface area contributed by atoms with E-state index in [4.69, 9.17) is 9.47 Å². The molecular formula is C14H24N2O2. The normalized spacial score (nSPS) is 12.4. The molecule has 1 aromatic heterocycles. The van der Waals surface area contributed by atoms with E-state index in [0.29, 0.717) is 13.2 Å². The van der Waals surface area contributed by atoms with Crippen LogP contribution in [-0.2, 0) is 16.1 Å². The first-order valence-corrected chi connectivity index (χ1v) is 6.64. The highest BCUT2D eigenvalue weighted by Gasteiger charge is 2.03. The van der Waals surface area contributed by atoms with Crippen LogP contribution in [0.15, 0.2) is 18.3 Å². The van der Waals surface area contributed by atoms with Gasteiger partial charge in [0.2, 0.25) is 0 Å². The Bertz CT molecular complexity index is 331. The lowest BCUT2D eigenvalue weighted by molar-refractivity contribution is -0.0127. The molecular weight excluding hydrogens is 228 g/mol. The SMILES string of the molecule is CCCNc1ccnc(COC(C)COCC)c1. The lowest BCUT2D eigenvalue weighted by Gasteiger charge is -2.13. The van der Waals surface area contributed by atoms with Crippen molar-refractivity contribution in [2.24, 2.45) is 0 Å². The number of rotatable bonds is 9. The summed E-state index contributed by atoms with van der Waals surface area (Å²) in [6.07, 6.45) is 3.02. The summed E-state index contributed by atoms with van der Waals surface area (Å²) in [5, 5.41) is 3.34. The minimum atomic E-state index is 0.0963. The summed E-state index contributed by atoms with van der Waals surface area (Å²) in [7, 11) is 0. The molecule has 1 aromatic rings. The molecule has 0 bridgehead atoms. The minimum Gasteiger partial charge on any atom is -0.385 e.